The fourth-order valence-electron chi connectivity index (χ4n) is 9.49. The standard InChI is InChI=1S/C12H16.C12H12.C11H13NO.C11H11NO.C11H15N.2CH4/c2*1-9-5-3-7-11-8-4-6-10(2)12(9)11;1-8-5-4-6-10-11(8)12(3)9(2)7-13-10;1-8-4-3-5-9-6-7-10(13)12(2)11(8)9;1-9-5-3-6-10-7-4-8-12(2)11(9)10;;/h3,5,7,10H,4,6,8H2,1-2H3;3-8H,1-2H3;4-6H,2,7H2,1,3H3;3-7H,1-2H3;3,5-6H,4,7-8H2,1-2H3;2*1H4. The topological polar surface area (TPSA) is 37.7 Å². The summed E-state index contributed by atoms with van der Waals surface area (Å²) in [7, 11) is 6.01. The van der Waals surface area contributed by atoms with Gasteiger partial charge >= 0.3 is 0 Å². The number of aromatic nitrogens is 1. The van der Waals surface area contributed by atoms with Crippen LogP contribution in [-0.2, 0) is 19.9 Å². The van der Waals surface area contributed by atoms with Crippen molar-refractivity contribution >= 4 is 33.1 Å². The summed E-state index contributed by atoms with van der Waals surface area (Å²) in [5.41, 5.74) is 17.4. The van der Waals surface area contributed by atoms with Gasteiger partial charge in [-0.05, 0) is 158 Å². The molecular weight excluding hydrogens is 783 g/mol. The Balaban J connectivity index is 0.000000174. The van der Waals surface area contributed by atoms with Crippen LogP contribution >= 0.6 is 0 Å². The van der Waals surface area contributed by atoms with E-state index in [1.165, 1.54) is 88.5 Å². The molecule has 10 rings (SSSR count). The molecule has 2 aliphatic heterocycles. The molecule has 3 heterocycles. The number of benzene rings is 6. The van der Waals surface area contributed by atoms with E-state index in [1.807, 2.05) is 50.4 Å². The first-order chi connectivity index (χ1) is 29.8. The van der Waals surface area contributed by atoms with Crippen LogP contribution in [0.25, 0.3) is 21.7 Å². The average molecular weight is 858 g/mol. The van der Waals surface area contributed by atoms with Crippen LogP contribution in [0.2, 0.25) is 0 Å². The maximum atomic E-state index is 11.3. The number of hydrogen-bond acceptors (Lipinski definition) is 4. The number of aryl methyl sites for hydroxylation is 9. The molecule has 0 bridgehead atoms. The van der Waals surface area contributed by atoms with Crippen LogP contribution in [0, 0.1) is 41.5 Å². The van der Waals surface area contributed by atoms with Gasteiger partial charge in [0.15, 0.2) is 0 Å². The molecule has 0 radical (unpaired) electrons. The fourth-order valence-corrected chi connectivity index (χ4v) is 9.49. The minimum absolute atomic E-state index is 0. The Bertz CT molecular complexity index is 2630. The summed E-state index contributed by atoms with van der Waals surface area (Å²) >= 11 is 0. The van der Waals surface area contributed by atoms with Crippen molar-refractivity contribution in [3.63, 3.8) is 0 Å². The second-order valence-electron chi connectivity index (χ2n) is 17.4. The van der Waals surface area contributed by atoms with E-state index in [1.54, 1.807) is 28.8 Å². The number of rotatable bonds is 0. The first-order valence-electron chi connectivity index (χ1n) is 22.3. The summed E-state index contributed by atoms with van der Waals surface area (Å²) in [6.45, 7) is 20.9. The minimum atomic E-state index is 0. The average Bonchev–Trinajstić information content (AvgIpc) is 3.25. The Morgan fingerprint density at radius 3 is 1.73 bits per heavy atom. The summed E-state index contributed by atoms with van der Waals surface area (Å²) in [6, 6.07) is 41.8. The van der Waals surface area contributed by atoms with Gasteiger partial charge in [0.05, 0.1) is 11.2 Å². The van der Waals surface area contributed by atoms with Crippen LogP contribution in [0.5, 0.6) is 5.75 Å². The van der Waals surface area contributed by atoms with Crippen LogP contribution in [0.4, 0.5) is 11.4 Å². The van der Waals surface area contributed by atoms with Crippen LogP contribution in [-0.4, -0.2) is 31.8 Å². The van der Waals surface area contributed by atoms with E-state index in [4.69, 9.17) is 4.74 Å². The molecule has 1 unspecified atom stereocenters. The lowest BCUT2D eigenvalue weighted by atomic mass is 9.82. The van der Waals surface area contributed by atoms with Crippen molar-refractivity contribution in [1.29, 1.82) is 0 Å². The van der Waals surface area contributed by atoms with Gasteiger partial charge in [-0.3, -0.25) is 4.79 Å². The van der Waals surface area contributed by atoms with Gasteiger partial charge in [0.1, 0.15) is 12.4 Å². The first-order valence-corrected chi connectivity index (χ1v) is 22.3. The maximum absolute atomic E-state index is 11.3. The zero-order chi connectivity index (χ0) is 44.5. The zero-order valence-corrected chi connectivity index (χ0v) is 38.9. The summed E-state index contributed by atoms with van der Waals surface area (Å²) in [4.78, 5) is 15.8. The molecule has 5 nitrogen and oxygen atoms in total. The number of ether oxygens (including phenoxy) is 1. The van der Waals surface area contributed by atoms with Crippen LogP contribution in [0.3, 0.4) is 0 Å². The number of hydrogen-bond donors (Lipinski definition) is 0. The third-order valence-corrected chi connectivity index (χ3v) is 12.7. The highest BCUT2D eigenvalue weighted by Crippen LogP contribution is 2.36. The number of nitrogens with zero attached hydrogens (tertiary/aromatic N) is 3. The summed E-state index contributed by atoms with van der Waals surface area (Å²) in [5.74, 6) is 1.74. The molecule has 0 saturated heterocycles. The fraction of sp³-hybridized carbons (Fsp3) is 0.339. The van der Waals surface area contributed by atoms with Crippen LogP contribution in [0.15, 0.2) is 138 Å². The number of fused-ring (bicyclic) bond motifs is 5. The van der Waals surface area contributed by atoms with Crippen molar-refractivity contribution in [3.8, 4) is 5.75 Å². The largest absolute Gasteiger partial charge is 0.485 e. The van der Waals surface area contributed by atoms with Crippen molar-refractivity contribution in [1.82, 2.24) is 4.57 Å². The summed E-state index contributed by atoms with van der Waals surface area (Å²) in [5, 5.41) is 3.86. The zero-order valence-electron chi connectivity index (χ0n) is 38.9. The van der Waals surface area contributed by atoms with Crippen molar-refractivity contribution in [2.24, 2.45) is 7.05 Å². The number of anilines is 2. The van der Waals surface area contributed by atoms with E-state index in [0.29, 0.717) is 6.61 Å². The van der Waals surface area contributed by atoms with Gasteiger partial charge in [-0.15, -0.1) is 0 Å². The highest BCUT2D eigenvalue weighted by atomic mass is 16.5. The molecule has 0 fully saturated rings. The molecule has 1 atom stereocenters. The molecule has 0 amide bonds. The molecule has 3 aliphatic rings. The number of para-hydroxylation sites is 3. The summed E-state index contributed by atoms with van der Waals surface area (Å²) in [6.07, 6.45) is 6.59. The van der Waals surface area contributed by atoms with E-state index in [-0.39, 0.29) is 20.4 Å². The Kier molecular flexibility index (Phi) is 18.2. The van der Waals surface area contributed by atoms with Crippen molar-refractivity contribution in [2.45, 2.75) is 101 Å². The summed E-state index contributed by atoms with van der Waals surface area (Å²) < 4.78 is 7.23. The Hall–Kier alpha value is -6.07. The van der Waals surface area contributed by atoms with Gasteiger partial charge in [0.2, 0.25) is 0 Å². The van der Waals surface area contributed by atoms with E-state index in [0.717, 1.165) is 39.5 Å². The van der Waals surface area contributed by atoms with Gasteiger partial charge in [-0.25, -0.2) is 0 Å². The molecule has 5 heteroatoms. The maximum Gasteiger partial charge on any atom is 0.250 e. The van der Waals surface area contributed by atoms with Gasteiger partial charge in [-0.1, -0.05) is 131 Å². The highest BCUT2D eigenvalue weighted by Gasteiger charge is 2.20. The highest BCUT2D eigenvalue weighted by molar-refractivity contribution is 5.88. The van der Waals surface area contributed by atoms with Gasteiger partial charge in [0.25, 0.3) is 5.56 Å². The van der Waals surface area contributed by atoms with Gasteiger partial charge < -0.3 is 19.1 Å². The second-order valence-corrected chi connectivity index (χ2v) is 17.4. The van der Waals surface area contributed by atoms with Gasteiger partial charge in [-0.2, -0.15) is 0 Å². The molecule has 7 aromatic rings. The van der Waals surface area contributed by atoms with Crippen molar-refractivity contribution in [2.75, 3.05) is 37.0 Å². The Morgan fingerprint density at radius 1 is 0.578 bits per heavy atom. The second kappa shape index (κ2) is 23.0. The van der Waals surface area contributed by atoms with Crippen LogP contribution in [0.1, 0.15) is 97.0 Å². The molecule has 0 saturated carbocycles. The first kappa shape index (κ1) is 50.6. The Morgan fingerprint density at radius 2 is 1.11 bits per heavy atom. The minimum Gasteiger partial charge on any atom is -0.485 e. The molecule has 0 N–H and O–H groups in total. The van der Waals surface area contributed by atoms with E-state index in [2.05, 4.69) is 144 Å². The molecule has 6 aromatic carbocycles. The monoisotopic (exact) mass is 858 g/mol. The predicted molar refractivity (Wildman–Crippen MR) is 280 cm³/mol. The molecule has 1 aliphatic carbocycles. The third kappa shape index (κ3) is 11.7. The molecule has 1 aromatic heterocycles. The third-order valence-electron chi connectivity index (χ3n) is 12.7. The SMILES string of the molecule is C.C.C=C1COc2cccc(C)c2N1C.Cc1cccc2c1C(C)CCC2.Cc1cccc2c1N(C)CCC2.Cc1cccc2ccc(=O)n(C)c12.Cc1cccc2cccc(C)c12. The normalized spacial score (nSPS) is 14.3. The number of likely N-dealkylation sites (N-methyl/N-ethyl adjacent to an activating group) is 1. The molecule has 64 heavy (non-hydrogen) atoms. The van der Waals surface area contributed by atoms with E-state index >= 15 is 0 Å². The molecule has 338 valence electrons. The smallest absolute Gasteiger partial charge is 0.250 e. The number of pyridine rings is 1. The van der Waals surface area contributed by atoms with Crippen molar-refractivity contribution in [3.05, 3.63) is 194 Å². The Labute approximate surface area is 386 Å². The molecular formula is C59H75N3O2. The lowest BCUT2D eigenvalue weighted by Crippen LogP contribution is -2.26. The quantitative estimate of drug-likeness (QED) is 0.152. The van der Waals surface area contributed by atoms with E-state index < -0.39 is 0 Å². The lowest BCUT2D eigenvalue weighted by molar-refractivity contribution is 0.338. The van der Waals surface area contributed by atoms with Crippen LogP contribution < -0.4 is 20.1 Å². The predicted octanol–water partition coefficient (Wildman–Crippen LogP) is 14.7. The van der Waals surface area contributed by atoms with E-state index in [9.17, 15) is 4.79 Å². The molecule has 0 spiro atoms. The van der Waals surface area contributed by atoms with Gasteiger partial charge in [0, 0.05) is 45.1 Å². The van der Waals surface area contributed by atoms with Crippen molar-refractivity contribution < 1.29 is 4.74 Å². The lowest BCUT2D eigenvalue weighted by Gasteiger charge is -2.30.